The summed E-state index contributed by atoms with van der Waals surface area (Å²) in [5.41, 5.74) is 0.199. The van der Waals surface area contributed by atoms with Gasteiger partial charge in [0.25, 0.3) is 0 Å². The molecule has 0 radical (unpaired) electrons. The minimum absolute atomic E-state index is 0.233. The summed E-state index contributed by atoms with van der Waals surface area (Å²) >= 11 is 4.63. The van der Waals surface area contributed by atoms with Crippen LogP contribution in [0.15, 0.2) is 52.7 Å². The van der Waals surface area contributed by atoms with E-state index in [0.717, 1.165) is 4.47 Å². The molecule has 0 unspecified atom stereocenters. The number of hydrogen-bond acceptors (Lipinski definition) is 10. The lowest BCUT2D eigenvalue weighted by Gasteiger charge is -2.23. The molecular formula is C23H25BrN4O6S2. The SMILES string of the molecule is C[C@@](O)(c1cccc(Br)c1)c1csc(C(=O)c2cncnc2N[C@@H]2C[C@H](COS(N)(=O)=O)[C@@H](O)C2)c1. The molecule has 2 heterocycles. The molecule has 10 nitrogen and oxygen atoms in total. The second-order valence-electron chi connectivity index (χ2n) is 8.81. The Morgan fingerprint density at radius 3 is 2.83 bits per heavy atom. The van der Waals surface area contributed by atoms with Gasteiger partial charge in [-0.25, -0.2) is 15.1 Å². The van der Waals surface area contributed by atoms with Crippen molar-refractivity contribution in [2.75, 3.05) is 11.9 Å². The molecule has 0 saturated heterocycles. The molecule has 4 rings (SSSR count). The molecule has 0 spiro atoms. The zero-order chi connectivity index (χ0) is 26.1. The Balaban J connectivity index is 1.50. The molecule has 1 aliphatic carbocycles. The molecule has 4 atom stereocenters. The van der Waals surface area contributed by atoms with Gasteiger partial charge in [-0.2, -0.15) is 8.42 Å². The van der Waals surface area contributed by atoms with E-state index in [-0.39, 0.29) is 24.0 Å². The van der Waals surface area contributed by atoms with Crippen LogP contribution in [-0.4, -0.2) is 53.1 Å². The van der Waals surface area contributed by atoms with Crippen molar-refractivity contribution in [2.24, 2.45) is 11.1 Å². The number of thiophene rings is 1. The zero-order valence-electron chi connectivity index (χ0n) is 19.2. The van der Waals surface area contributed by atoms with E-state index in [1.807, 2.05) is 24.3 Å². The number of nitrogens with one attached hydrogen (secondary N) is 1. The number of anilines is 1. The van der Waals surface area contributed by atoms with Crippen LogP contribution in [0.4, 0.5) is 5.82 Å². The van der Waals surface area contributed by atoms with Gasteiger partial charge >= 0.3 is 10.3 Å². The number of nitrogens with zero attached hydrogens (tertiary/aromatic N) is 2. The molecule has 0 amide bonds. The van der Waals surface area contributed by atoms with Gasteiger partial charge in [-0.3, -0.25) is 8.98 Å². The molecule has 1 saturated carbocycles. The van der Waals surface area contributed by atoms with Gasteiger partial charge in [0.1, 0.15) is 17.7 Å². The standard InChI is InChI=1S/C23H25BrN4O6S2/c1-23(31,14-3-2-4-16(24)6-14)15-7-20(35-11-15)21(30)18-9-26-12-27-22(18)28-17-5-13(19(29)8-17)10-34-36(25,32)33/h2-4,6-7,9,11-13,17,19,29,31H,5,8,10H2,1H3,(H2,25,32,33)(H,26,27,28)/t13-,17-,19+,23-/m1/s1. The number of carbonyl (C=O) groups excluding carboxylic acids is 1. The van der Waals surface area contributed by atoms with E-state index < -0.39 is 27.9 Å². The molecule has 1 aliphatic rings. The lowest BCUT2D eigenvalue weighted by atomic mass is 9.90. The summed E-state index contributed by atoms with van der Waals surface area (Å²) in [5.74, 6) is -0.456. The van der Waals surface area contributed by atoms with Crippen molar-refractivity contribution in [3.63, 3.8) is 0 Å². The zero-order valence-corrected chi connectivity index (χ0v) is 22.4. The first-order chi connectivity index (χ1) is 16.9. The van der Waals surface area contributed by atoms with Crippen LogP contribution in [0.2, 0.25) is 0 Å². The van der Waals surface area contributed by atoms with Gasteiger partial charge in [-0.15, -0.1) is 11.3 Å². The lowest BCUT2D eigenvalue weighted by molar-refractivity contribution is 0.100. The molecule has 0 aliphatic heterocycles. The molecule has 0 bridgehead atoms. The monoisotopic (exact) mass is 596 g/mol. The number of nitrogens with two attached hydrogens (primary N) is 1. The third-order valence-electron chi connectivity index (χ3n) is 6.17. The van der Waals surface area contributed by atoms with Crippen molar-refractivity contribution in [1.29, 1.82) is 0 Å². The summed E-state index contributed by atoms with van der Waals surface area (Å²) < 4.78 is 27.6. The highest BCUT2D eigenvalue weighted by atomic mass is 79.9. The predicted molar refractivity (Wildman–Crippen MR) is 138 cm³/mol. The van der Waals surface area contributed by atoms with Crippen molar-refractivity contribution < 1.29 is 27.6 Å². The van der Waals surface area contributed by atoms with Crippen molar-refractivity contribution in [3.05, 3.63) is 74.3 Å². The van der Waals surface area contributed by atoms with Crippen LogP contribution in [0.1, 0.15) is 46.1 Å². The second kappa shape index (κ2) is 10.6. The van der Waals surface area contributed by atoms with Gasteiger partial charge in [-0.05, 0) is 54.5 Å². The maximum absolute atomic E-state index is 13.4. The average Bonchev–Trinajstić information content (AvgIpc) is 3.44. The first kappa shape index (κ1) is 26.8. The highest BCUT2D eigenvalue weighted by molar-refractivity contribution is 9.10. The van der Waals surface area contributed by atoms with E-state index in [9.17, 15) is 23.4 Å². The summed E-state index contributed by atoms with van der Waals surface area (Å²) in [5, 5.41) is 31.3. The summed E-state index contributed by atoms with van der Waals surface area (Å²) in [4.78, 5) is 22.0. The van der Waals surface area contributed by atoms with Crippen molar-refractivity contribution >= 4 is 49.2 Å². The smallest absolute Gasteiger partial charge is 0.333 e. The number of aromatic nitrogens is 2. The molecule has 36 heavy (non-hydrogen) atoms. The number of halogens is 1. The molecule has 5 N–H and O–H groups in total. The van der Waals surface area contributed by atoms with Crippen molar-refractivity contribution in [1.82, 2.24) is 9.97 Å². The van der Waals surface area contributed by atoms with Crippen LogP contribution in [0.3, 0.4) is 0 Å². The molecule has 13 heteroatoms. The number of aliphatic hydroxyl groups excluding tert-OH is 1. The number of rotatable bonds is 9. The Morgan fingerprint density at radius 1 is 1.33 bits per heavy atom. The van der Waals surface area contributed by atoms with Gasteiger partial charge in [0.15, 0.2) is 0 Å². The van der Waals surface area contributed by atoms with Crippen LogP contribution in [0.25, 0.3) is 0 Å². The van der Waals surface area contributed by atoms with Gasteiger partial charge in [0, 0.05) is 22.6 Å². The summed E-state index contributed by atoms with van der Waals surface area (Å²) in [6.45, 7) is 1.44. The van der Waals surface area contributed by atoms with E-state index in [1.54, 1.807) is 18.4 Å². The minimum atomic E-state index is -4.10. The predicted octanol–water partition coefficient (Wildman–Crippen LogP) is 2.56. The first-order valence-corrected chi connectivity index (χ1v) is 14.1. The van der Waals surface area contributed by atoms with Gasteiger partial charge in [0.2, 0.25) is 5.78 Å². The Kier molecular flexibility index (Phi) is 7.90. The van der Waals surface area contributed by atoms with Crippen LogP contribution in [0.5, 0.6) is 0 Å². The largest absolute Gasteiger partial charge is 0.393 e. The fourth-order valence-electron chi connectivity index (χ4n) is 4.19. The topological polar surface area (TPSA) is 165 Å². The van der Waals surface area contributed by atoms with Gasteiger partial charge < -0.3 is 15.5 Å². The van der Waals surface area contributed by atoms with Gasteiger partial charge in [0.05, 0.1) is 23.2 Å². The van der Waals surface area contributed by atoms with Crippen molar-refractivity contribution in [3.8, 4) is 0 Å². The second-order valence-corrected chi connectivity index (χ2v) is 11.9. The number of hydrogen-bond donors (Lipinski definition) is 4. The molecule has 3 aromatic rings. The normalized spacial score (nSPS) is 21.8. The van der Waals surface area contributed by atoms with Crippen LogP contribution < -0.4 is 10.5 Å². The molecule has 1 aromatic carbocycles. The molecule has 2 aromatic heterocycles. The Bertz CT molecular complexity index is 1360. The third kappa shape index (κ3) is 6.17. The summed E-state index contributed by atoms with van der Waals surface area (Å²) in [7, 11) is -4.10. The number of aliphatic hydroxyl groups is 2. The van der Waals surface area contributed by atoms with E-state index in [1.165, 1.54) is 23.9 Å². The molecule has 1 fully saturated rings. The molecular weight excluding hydrogens is 572 g/mol. The number of ketones is 1. The van der Waals surface area contributed by atoms with Crippen LogP contribution >= 0.6 is 27.3 Å². The maximum Gasteiger partial charge on any atom is 0.333 e. The first-order valence-electron chi connectivity index (χ1n) is 11.0. The Morgan fingerprint density at radius 2 is 2.11 bits per heavy atom. The van der Waals surface area contributed by atoms with Crippen LogP contribution in [-0.2, 0) is 20.1 Å². The maximum atomic E-state index is 13.4. The average molecular weight is 598 g/mol. The van der Waals surface area contributed by atoms with E-state index in [4.69, 9.17) is 5.14 Å². The lowest BCUT2D eigenvalue weighted by Crippen LogP contribution is -2.24. The Labute approximate surface area is 220 Å². The van der Waals surface area contributed by atoms with E-state index >= 15 is 0 Å². The van der Waals surface area contributed by atoms with Crippen LogP contribution in [0, 0.1) is 5.92 Å². The number of carbonyl (C=O) groups is 1. The fraction of sp³-hybridized carbons (Fsp3) is 0.348. The quantitative estimate of drug-likeness (QED) is 0.271. The number of benzene rings is 1. The highest BCUT2D eigenvalue weighted by Gasteiger charge is 2.35. The highest BCUT2D eigenvalue weighted by Crippen LogP contribution is 2.35. The summed E-state index contributed by atoms with van der Waals surface area (Å²) in [6.07, 6.45) is 2.63. The third-order valence-corrected chi connectivity index (χ3v) is 8.06. The Hall–Kier alpha value is -2.26. The minimum Gasteiger partial charge on any atom is -0.393 e. The fourth-order valence-corrected chi connectivity index (χ4v) is 5.91. The van der Waals surface area contributed by atoms with Crippen molar-refractivity contribution in [2.45, 2.75) is 37.5 Å². The van der Waals surface area contributed by atoms with Gasteiger partial charge in [-0.1, -0.05) is 28.1 Å². The molecule has 192 valence electrons. The van der Waals surface area contributed by atoms with E-state index in [0.29, 0.717) is 34.7 Å². The van der Waals surface area contributed by atoms with E-state index in [2.05, 4.69) is 35.4 Å². The summed E-state index contributed by atoms with van der Waals surface area (Å²) in [6, 6.07) is 8.72.